The molecule has 20 heavy (non-hydrogen) atoms. The molecule has 1 aliphatic rings. The molecule has 4 rings (SSSR count). The SMILES string of the molecule is COC1Cc2[nH]ccc3c4ccc(=O)cc4n(c23)C1=O. The molecule has 1 N–H and O–H groups in total. The Labute approximate surface area is 113 Å². The van der Waals surface area contributed by atoms with Gasteiger partial charge in [0.2, 0.25) is 0 Å². The van der Waals surface area contributed by atoms with Crippen LogP contribution < -0.4 is 5.43 Å². The van der Waals surface area contributed by atoms with Crippen molar-refractivity contribution in [2.45, 2.75) is 12.5 Å². The minimum absolute atomic E-state index is 0.102. The van der Waals surface area contributed by atoms with Crippen molar-refractivity contribution in [3.05, 3.63) is 46.4 Å². The van der Waals surface area contributed by atoms with Crippen molar-refractivity contribution in [2.75, 3.05) is 7.11 Å². The summed E-state index contributed by atoms with van der Waals surface area (Å²) < 4.78 is 6.88. The molecule has 1 atom stereocenters. The Kier molecular flexibility index (Phi) is 2.17. The maximum atomic E-state index is 12.5. The average Bonchev–Trinajstić information content (AvgIpc) is 2.78. The Hall–Kier alpha value is -2.40. The van der Waals surface area contributed by atoms with Crippen LogP contribution in [0.4, 0.5) is 0 Å². The molecule has 0 amide bonds. The Morgan fingerprint density at radius 3 is 2.90 bits per heavy atom. The van der Waals surface area contributed by atoms with Crippen molar-refractivity contribution >= 4 is 27.7 Å². The molecule has 5 heteroatoms. The lowest BCUT2D eigenvalue weighted by atomic mass is 10.1. The van der Waals surface area contributed by atoms with E-state index in [9.17, 15) is 9.59 Å². The van der Waals surface area contributed by atoms with Gasteiger partial charge in [-0.25, -0.2) is 0 Å². The number of ether oxygens (including phenoxy) is 1. The van der Waals surface area contributed by atoms with Crippen molar-refractivity contribution in [3.63, 3.8) is 0 Å². The predicted molar refractivity (Wildman–Crippen MR) is 75.2 cm³/mol. The number of carbonyl (C=O) groups excluding carboxylic acids is 1. The predicted octanol–water partition coefficient (Wildman–Crippen LogP) is 1.69. The average molecular weight is 268 g/mol. The van der Waals surface area contributed by atoms with Gasteiger partial charge in [0.05, 0.1) is 11.0 Å². The quantitative estimate of drug-likeness (QED) is 0.730. The van der Waals surface area contributed by atoms with Gasteiger partial charge >= 0.3 is 0 Å². The van der Waals surface area contributed by atoms with E-state index in [0.29, 0.717) is 11.9 Å². The number of aromatic nitrogens is 2. The number of hydrogen-bond donors (Lipinski definition) is 1. The highest BCUT2D eigenvalue weighted by atomic mass is 16.5. The maximum Gasteiger partial charge on any atom is 0.261 e. The number of pyridine rings is 1. The summed E-state index contributed by atoms with van der Waals surface area (Å²) >= 11 is 0. The van der Waals surface area contributed by atoms with Crippen LogP contribution in [0, 0.1) is 0 Å². The summed E-state index contributed by atoms with van der Waals surface area (Å²) in [6, 6.07) is 6.75. The summed E-state index contributed by atoms with van der Waals surface area (Å²) in [5.74, 6) is -0.120. The number of nitrogens with zero attached hydrogens (tertiary/aromatic N) is 1. The first-order chi connectivity index (χ1) is 9.70. The minimum Gasteiger partial charge on any atom is -0.371 e. The summed E-state index contributed by atoms with van der Waals surface area (Å²) in [6.45, 7) is 0. The Balaban J connectivity index is 2.25. The first kappa shape index (κ1) is 11.4. The summed E-state index contributed by atoms with van der Waals surface area (Å²) in [4.78, 5) is 27.4. The molecule has 1 aromatic carbocycles. The van der Waals surface area contributed by atoms with E-state index in [-0.39, 0.29) is 11.3 Å². The third-order valence-electron chi connectivity index (χ3n) is 3.94. The zero-order valence-corrected chi connectivity index (χ0v) is 10.8. The first-order valence-electron chi connectivity index (χ1n) is 6.42. The van der Waals surface area contributed by atoms with E-state index >= 15 is 0 Å². The van der Waals surface area contributed by atoms with Gasteiger partial charge in [-0.15, -0.1) is 0 Å². The Bertz CT molecular complexity index is 920. The van der Waals surface area contributed by atoms with Gasteiger partial charge in [-0.2, -0.15) is 0 Å². The highest BCUT2D eigenvalue weighted by molar-refractivity contribution is 6.15. The number of H-pyrrole nitrogens is 1. The number of methoxy groups -OCH3 is 1. The molecule has 1 unspecified atom stereocenters. The van der Waals surface area contributed by atoms with Crippen molar-refractivity contribution in [2.24, 2.45) is 0 Å². The van der Waals surface area contributed by atoms with E-state index < -0.39 is 6.10 Å². The second-order valence-electron chi connectivity index (χ2n) is 5.00. The van der Waals surface area contributed by atoms with Gasteiger partial charge in [-0.05, 0) is 18.2 Å². The van der Waals surface area contributed by atoms with Crippen LogP contribution in [0.5, 0.6) is 0 Å². The van der Waals surface area contributed by atoms with Crippen molar-refractivity contribution < 1.29 is 9.53 Å². The summed E-state index contributed by atoms with van der Waals surface area (Å²) in [5.41, 5.74) is 2.36. The molecular formula is C15H12N2O3. The molecule has 0 aliphatic carbocycles. The normalized spacial score (nSPS) is 18.1. The Morgan fingerprint density at radius 2 is 2.10 bits per heavy atom. The topological polar surface area (TPSA) is 64.1 Å². The Morgan fingerprint density at radius 1 is 1.25 bits per heavy atom. The van der Waals surface area contributed by atoms with Gasteiger partial charge in [0.15, 0.2) is 5.43 Å². The molecule has 0 saturated carbocycles. The van der Waals surface area contributed by atoms with Crippen LogP contribution in [0.1, 0.15) is 10.5 Å². The molecule has 1 aliphatic heterocycles. The number of aromatic amines is 1. The lowest BCUT2D eigenvalue weighted by Gasteiger charge is -2.22. The van der Waals surface area contributed by atoms with Gasteiger partial charge < -0.3 is 9.72 Å². The van der Waals surface area contributed by atoms with Crippen molar-refractivity contribution in [3.8, 4) is 0 Å². The maximum absolute atomic E-state index is 12.5. The number of rotatable bonds is 1. The molecule has 0 fully saturated rings. The molecule has 0 spiro atoms. The van der Waals surface area contributed by atoms with Crippen LogP contribution in [0.3, 0.4) is 0 Å². The van der Waals surface area contributed by atoms with Gasteiger partial charge in [0.25, 0.3) is 5.91 Å². The summed E-state index contributed by atoms with van der Waals surface area (Å²) in [6.07, 6.45) is 1.86. The number of hydrogen-bond acceptors (Lipinski definition) is 3. The first-order valence-corrected chi connectivity index (χ1v) is 6.42. The fourth-order valence-electron chi connectivity index (χ4n) is 3.04. The molecule has 0 bridgehead atoms. The zero-order valence-electron chi connectivity index (χ0n) is 10.8. The number of nitrogens with one attached hydrogen (secondary N) is 1. The smallest absolute Gasteiger partial charge is 0.261 e. The second-order valence-corrected chi connectivity index (χ2v) is 5.00. The van der Waals surface area contributed by atoms with Gasteiger partial charge in [-0.3, -0.25) is 14.2 Å². The van der Waals surface area contributed by atoms with Crippen LogP contribution in [0.25, 0.3) is 21.8 Å². The molecule has 2 aromatic heterocycles. The van der Waals surface area contributed by atoms with Crippen LogP contribution in [0.15, 0.2) is 35.3 Å². The third-order valence-corrected chi connectivity index (χ3v) is 3.94. The number of fused-ring (bicyclic) bond motifs is 3. The highest BCUT2D eigenvalue weighted by Crippen LogP contribution is 2.33. The van der Waals surface area contributed by atoms with Gasteiger partial charge in [-0.1, -0.05) is 0 Å². The van der Waals surface area contributed by atoms with Crippen LogP contribution in [-0.4, -0.2) is 28.7 Å². The van der Waals surface area contributed by atoms with E-state index in [4.69, 9.17) is 4.74 Å². The fourth-order valence-corrected chi connectivity index (χ4v) is 3.04. The fraction of sp³-hybridized carbons (Fsp3) is 0.200. The molecule has 100 valence electrons. The second kappa shape index (κ2) is 3.80. The molecular weight excluding hydrogens is 256 g/mol. The molecule has 0 saturated heterocycles. The number of benzene rings is 1. The number of carbonyl (C=O) groups is 1. The van der Waals surface area contributed by atoms with Crippen LogP contribution in [0.2, 0.25) is 0 Å². The molecule has 0 radical (unpaired) electrons. The van der Waals surface area contributed by atoms with E-state index in [1.807, 2.05) is 12.3 Å². The molecule has 3 aromatic rings. The molecule has 3 heterocycles. The zero-order chi connectivity index (χ0) is 13.9. The van der Waals surface area contributed by atoms with Gasteiger partial charge in [0.1, 0.15) is 6.10 Å². The van der Waals surface area contributed by atoms with E-state index in [1.54, 1.807) is 10.6 Å². The van der Waals surface area contributed by atoms with Crippen molar-refractivity contribution in [1.29, 1.82) is 0 Å². The molecule has 5 nitrogen and oxygen atoms in total. The highest BCUT2D eigenvalue weighted by Gasteiger charge is 2.31. The lowest BCUT2D eigenvalue weighted by molar-refractivity contribution is 0.0511. The third kappa shape index (κ3) is 1.30. The largest absolute Gasteiger partial charge is 0.371 e. The lowest BCUT2D eigenvalue weighted by Crippen LogP contribution is -2.34. The van der Waals surface area contributed by atoms with Gasteiger partial charge in [0, 0.05) is 42.3 Å². The van der Waals surface area contributed by atoms with E-state index in [1.165, 1.54) is 19.2 Å². The van der Waals surface area contributed by atoms with Crippen LogP contribution >= 0.6 is 0 Å². The van der Waals surface area contributed by atoms with Crippen LogP contribution in [-0.2, 0) is 11.2 Å². The minimum atomic E-state index is -0.518. The standard InChI is InChI=1S/C15H12N2O3/c1-20-13-7-11-14-10(4-5-16-11)9-3-2-8(18)6-12(9)17(14)15(13)19/h2-6,13,16H,7H2,1H3. The van der Waals surface area contributed by atoms with E-state index in [2.05, 4.69) is 4.98 Å². The summed E-state index contributed by atoms with van der Waals surface area (Å²) in [7, 11) is 1.53. The van der Waals surface area contributed by atoms with E-state index in [0.717, 1.165) is 22.0 Å². The monoisotopic (exact) mass is 268 g/mol. The van der Waals surface area contributed by atoms with Crippen molar-refractivity contribution in [1.82, 2.24) is 9.55 Å². The summed E-state index contributed by atoms with van der Waals surface area (Å²) in [5, 5.41) is 1.90.